The van der Waals surface area contributed by atoms with Crippen LogP contribution < -0.4 is 15.4 Å². The first-order chi connectivity index (χ1) is 11.5. The molecule has 2 rings (SSSR count). The van der Waals surface area contributed by atoms with E-state index in [9.17, 15) is 4.79 Å². The Bertz CT molecular complexity index is 686. The first kappa shape index (κ1) is 17.7. The average molecular weight is 328 g/mol. The molecule has 0 saturated heterocycles. The highest BCUT2D eigenvalue weighted by Crippen LogP contribution is 2.19. The second-order valence-electron chi connectivity index (χ2n) is 5.55. The van der Waals surface area contributed by atoms with E-state index >= 15 is 0 Å². The van der Waals surface area contributed by atoms with Crippen LogP contribution >= 0.6 is 0 Å². The van der Waals surface area contributed by atoms with E-state index in [1.54, 1.807) is 13.0 Å². The zero-order chi connectivity index (χ0) is 17.5. The number of ether oxygens (including phenoxy) is 1. The Kier molecular flexibility index (Phi) is 6.12. The maximum absolute atomic E-state index is 12.2. The van der Waals surface area contributed by atoms with E-state index in [4.69, 9.17) is 4.74 Å². The van der Waals surface area contributed by atoms with Crippen molar-refractivity contribution in [3.05, 3.63) is 41.9 Å². The molecule has 1 unspecified atom stereocenters. The number of hydrogen-bond acceptors (Lipinski definition) is 5. The van der Waals surface area contributed by atoms with Gasteiger partial charge in [-0.3, -0.25) is 4.79 Å². The number of benzene rings is 1. The quantitative estimate of drug-likeness (QED) is 0.814. The first-order valence-corrected chi connectivity index (χ1v) is 8.18. The van der Waals surface area contributed by atoms with Crippen LogP contribution in [0.15, 0.2) is 30.3 Å². The predicted octanol–water partition coefficient (Wildman–Crippen LogP) is 3.46. The number of nitrogens with zero attached hydrogens (tertiary/aromatic N) is 2. The van der Waals surface area contributed by atoms with Gasteiger partial charge in [-0.2, -0.15) is 0 Å². The lowest BCUT2D eigenvalue weighted by atomic mass is 10.2. The number of nitrogens with one attached hydrogen (secondary N) is 2. The molecule has 2 aromatic rings. The molecule has 0 fully saturated rings. The minimum absolute atomic E-state index is 0.107. The number of rotatable bonds is 7. The van der Waals surface area contributed by atoms with E-state index in [-0.39, 0.29) is 11.9 Å². The zero-order valence-corrected chi connectivity index (χ0v) is 14.6. The van der Waals surface area contributed by atoms with Crippen molar-refractivity contribution >= 4 is 17.4 Å². The third-order valence-corrected chi connectivity index (χ3v) is 3.50. The molecule has 1 amide bonds. The van der Waals surface area contributed by atoms with Gasteiger partial charge in [0.25, 0.3) is 5.91 Å². The molecule has 0 radical (unpaired) electrons. The van der Waals surface area contributed by atoms with Gasteiger partial charge in [0.05, 0.1) is 6.61 Å². The van der Waals surface area contributed by atoms with Crippen molar-refractivity contribution in [2.45, 2.75) is 40.2 Å². The number of aryl methyl sites for hydroxylation is 1. The summed E-state index contributed by atoms with van der Waals surface area (Å²) in [6.45, 7) is 8.33. The third kappa shape index (κ3) is 4.94. The molecule has 1 aromatic heterocycles. The van der Waals surface area contributed by atoms with E-state index in [2.05, 4.69) is 20.6 Å². The monoisotopic (exact) mass is 328 g/mol. The highest BCUT2D eigenvalue weighted by Gasteiger charge is 2.12. The molecular weight excluding hydrogens is 304 g/mol. The Morgan fingerprint density at radius 1 is 1.21 bits per heavy atom. The summed E-state index contributed by atoms with van der Waals surface area (Å²) in [5.41, 5.74) is 1.22. The standard InChI is InChI=1S/C18H24N4O2/c1-5-12(3)19-18(23)16-11-17(21-13(4)20-16)22-14-7-9-15(10-8-14)24-6-2/h7-12H,5-6H2,1-4H3,(H,19,23)(H,20,21,22). The van der Waals surface area contributed by atoms with E-state index in [0.717, 1.165) is 17.9 Å². The molecule has 1 heterocycles. The van der Waals surface area contributed by atoms with Gasteiger partial charge in [-0.15, -0.1) is 0 Å². The highest BCUT2D eigenvalue weighted by molar-refractivity contribution is 5.93. The number of amides is 1. The smallest absolute Gasteiger partial charge is 0.270 e. The molecule has 0 bridgehead atoms. The van der Waals surface area contributed by atoms with Crippen molar-refractivity contribution in [2.75, 3.05) is 11.9 Å². The second-order valence-corrected chi connectivity index (χ2v) is 5.55. The van der Waals surface area contributed by atoms with Crippen LogP contribution in [-0.2, 0) is 0 Å². The highest BCUT2D eigenvalue weighted by atomic mass is 16.5. The maximum atomic E-state index is 12.2. The predicted molar refractivity (Wildman–Crippen MR) is 94.9 cm³/mol. The van der Waals surface area contributed by atoms with E-state index in [1.807, 2.05) is 45.0 Å². The summed E-state index contributed by atoms with van der Waals surface area (Å²) < 4.78 is 5.42. The molecular formula is C18H24N4O2. The van der Waals surface area contributed by atoms with E-state index < -0.39 is 0 Å². The van der Waals surface area contributed by atoms with Crippen LogP contribution in [-0.4, -0.2) is 28.5 Å². The van der Waals surface area contributed by atoms with Gasteiger partial charge < -0.3 is 15.4 Å². The van der Waals surface area contributed by atoms with Crippen LogP contribution in [0.4, 0.5) is 11.5 Å². The van der Waals surface area contributed by atoms with E-state index in [1.165, 1.54) is 0 Å². The molecule has 128 valence electrons. The molecule has 24 heavy (non-hydrogen) atoms. The van der Waals surface area contributed by atoms with Gasteiger partial charge in [-0.05, 0) is 51.5 Å². The SMILES string of the molecule is CCOc1ccc(Nc2cc(C(=O)NC(C)CC)nc(C)n2)cc1. The number of carbonyl (C=O) groups is 1. The Labute approximate surface area is 142 Å². The zero-order valence-electron chi connectivity index (χ0n) is 14.6. The van der Waals surface area contributed by atoms with Gasteiger partial charge in [-0.25, -0.2) is 9.97 Å². The Balaban J connectivity index is 2.14. The van der Waals surface area contributed by atoms with Gasteiger partial charge in [-0.1, -0.05) is 6.92 Å². The average Bonchev–Trinajstić information content (AvgIpc) is 2.56. The minimum Gasteiger partial charge on any atom is -0.494 e. The number of aromatic nitrogens is 2. The Hall–Kier alpha value is -2.63. The number of hydrogen-bond donors (Lipinski definition) is 2. The fourth-order valence-corrected chi connectivity index (χ4v) is 2.10. The van der Waals surface area contributed by atoms with Gasteiger partial charge in [0.2, 0.25) is 0 Å². The van der Waals surface area contributed by atoms with Gasteiger partial charge in [0.15, 0.2) is 0 Å². The summed E-state index contributed by atoms with van der Waals surface area (Å²) in [5.74, 6) is 1.75. The minimum atomic E-state index is -0.190. The van der Waals surface area contributed by atoms with Gasteiger partial charge >= 0.3 is 0 Å². The fraction of sp³-hybridized carbons (Fsp3) is 0.389. The summed E-state index contributed by atoms with van der Waals surface area (Å²) in [7, 11) is 0. The molecule has 0 aliphatic rings. The molecule has 0 saturated carbocycles. The maximum Gasteiger partial charge on any atom is 0.270 e. The largest absolute Gasteiger partial charge is 0.494 e. The molecule has 6 nitrogen and oxygen atoms in total. The van der Waals surface area contributed by atoms with Gasteiger partial charge in [0, 0.05) is 17.8 Å². The van der Waals surface area contributed by atoms with Crippen LogP contribution in [0.2, 0.25) is 0 Å². The molecule has 0 aliphatic heterocycles. The van der Waals surface area contributed by atoms with Crippen molar-refractivity contribution in [2.24, 2.45) is 0 Å². The lowest BCUT2D eigenvalue weighted by Gasteiger charge is -2.12. The summed E-state index contributed by atoms with van der Waals surface area (Å²) >= 11 is 0. The van der Waals surface area contributed by atoms with Gasteiger partial charge in [0.1, 0.15) is 23.1 Å². The first-order valence-electron chi connectivity index (χ1n) is 8.18. The van der Waals surface area contributed by atoms with Crippen molar-refractivity contribution in [3.8, 4) is 5.75 Å². The molecule has 1 aromatic carbocycles. The van der Waals surface area contributed by atoms with Crippen LogP contribution in [0, 0.1) is 6.92 Å². The topological polar surface area (TPSA) is 76.1 Å². The molecule has 2 N–H and O–H groups in total. The van der Waals surface area contributed by atoms with Crippen molar-refractivity contribution in [1.29, 1.82) is 0 Å². The third-order valence-electron chi connectivity index (χ3n) is 3.50. The van der Waals surface area contributed by atoms with Crippen LogP contribution in [0.25, 0.3) is 0 Å². The van der Waals surface area contributed by atoms with Crippen molar-refractivity contribution in [3.63, 3.8) is 0 Å². The summed E-state index contributed by atoms with van der Waals surface area (Å²) in [4.78, 5) is 20.8. The van der Waals surface area contributed by atoms with Crippen molar-refractivity contribution in [1.82, 2.24) is 15.3 Å². The van der Waals surface area contributed by atoms with E-state index in [0.29, 0.717) is 23.9 Å². The fourth-order valence-electron chi connectivity index (χ4n) is 2.10. The van der Waals surface area contributed by atoms with Crippen molar-refractivity contribution < 1.29 is 9.53 Å². The normalized spacial score (nSPS) is 11.7. The second kappa shape index (κ2) is 8.29. The lowest BCUT2D eigenvalue weighted by Crippen LogP contribution is -2.32. The van der Waals surface area contributed by atoms with Crippen LogP contribution in [0.5, 0.6) is 5.75 Å². The summed E-state index contributed by atoms with van der Waals surface area (Å²) in [6.07, 6.45) is 0.868. The molecule has 0 aliphatic carbocycles. The van der Waals surface area contributed by atoms with Crippen LogP contribution in [0.1, 0.15) is 43.5 Å². The number of anilines is 2. The number of carbonyl (C=O) groups excluding carboxylic acids is 1. The van der Waals surface area contributed by atoms with Crippen LogP contribution in [0.3, 0.4) is 0 Å². The summed E-state index contributed by atoms with van der Waals surface area (Å²) in [6, 6.07) is 9.34. The lowest BCUT2D eigenvalue weighted by molar-refractivity contribution is 0.0934. The summed E-state index contributed by atoms with van der Waals surface area (Å²) in [5, 5.41) is 6.10. The molecule has 1 atom stereocenters. The Morgan fingerprint density at radius 2 is 1.92 bits per heavy atom. The Morgan fingerprint density at radius 3 is 2.54 bits per heavy atom. The molecule has 0 spiro atoms. The molecule has 6 heteroatoms.